The molecule has 0 unspecified atom stereocenters. The van der Waals surface area contributed by atoms with E-state index < -0.39 is 10.0 Å². The van der Waals surface area contributed by atoms with Crippen molar-refractivity contribution in [3.8, 4) is 11.5 Å². The highest BCUT2D eigenvalue weighted by atomic mass is 32.2. The lowest BCUT2D eigenvalue weighted by atomic mass is 10.0. The normalized spacial score (nSPS) is 15.1. The number of ether oxygens (including phenoxy) is 2. The number of hydrogen-bond acceptors (Lipinski definition) is 6. The number of rotatable bonds is 10. The van der Waals surface area contributed by atoms with E-state index in [4.69, 9.17) is 9.47 Å². The van der Waals surface area contributed by atoms with Gasteiger partial charge in [0, 0.05) is 24.7 Å². The summed E-state index contributed by atoms with van der Waals surface area (Å²) in [6.45, 7) is 6.19. The SMILES string of the molecule is CCCOc1ccc(C(=O)N2CCC(NS(=O)(=O)c3cccs3)CC2)cc1OCCC. The molecule has 0 saturated carbocycles. The summed E-state index contributed by atoms with van der Waals surface area (Å²) in [5, 5.41) is 1.74. The van der Waals surface area contributed by atoms with Crippen LogP contribution in [-0.4, -0.2) is 51.6 Å². The van der Waals surface area contributed by atoms with Gasteiger partial charge in [-0.2, -0.15) is 0 Å². The first-order chi connectivity index (χ1) is 14.9. The van der Waals surface area contributed by atoms with Crippen LogP contribution in [0.15, 0.2) is 39.9 Å². The molecule has 1 N–H and O–H groups in total. The van der Waals surface area contributed by atoms with Gasteiger partial charge >= 0.3 is 0 Å². The smallest absolute Gasteiger partial charge is 0.253 e. The molecule has 1 fully saturated rings. The van der Waals surface area contributed by atoms with E-state index in [9.17, 15) is 13.2 Å². The van der Waals surface area contributed by atoms with E-state index in [1.807, 2.05) is 13.8 Å². The van der Waals surface area contributed by atoms with Crippen molar-refractivity contribution in [1.29, 1.82) is 0 Å². The molecule has 2 heterocycles. The summed E-state index contributed by atoms with van der Waals surface area (Å²) in [7, 11) is -3.50. The summed E-state index contributed by atoms with van der Waals surface area (Å²) in [5.74, 6) is 1.15. The Bertz CT molecular complexity index is 952. The fourth-order valence-corrected chi connectivity index (χ4v) is 5.69. The fourth-order valence-electron chi connectivity index (χ4n) is 3.37. The van der Waals surface area contributed by atoms with Crippen LogP contribution in [0.5, 0.6) is 11.5 Å². The van der Waals surface area contributed by atoms with Gasteiger partial charge in [0.15, 0.2) is 11.5 Å². The topological polar surface area (TPSA) is 84.9 Å². The summed E-state index contributed by atoms with van der Waals surface area (Å²) in [4.78, 5) is 14.8. The Morgan fingerprint density at radius 3 is 2.39 bits per heavy atom. The van der Waals surface area contributed by atoms with Gasteiger partial charge in [-0.15, -0.1) is 11.3 Å². The number of likely N-dealkylation sites (tertiary alicyclic amines) is 1. The first-order valence-corrected chi connectivity index (χ1v) is 13.1. The summed E-state index contributed by atoms with van der Waals surface area (Å²) in [6, 6.07) is 8.43. The number of hydrogen-bond donors (Lipinski definition) is 1. The summed E-state index contributed by atoms with van der Waals surface area (Å²) >= 11 is 1.20. The van der Waals surface area contributed by atoms with Gasteiger partial charge < -0.3 is 14.4 Å². The van der Waals surface area contributed by atoms with Crippen molar-refractivity contribution in [2.45, 2.75) is 49.8 Å². The number of carbonyl (C=O) groups excluding carboxylic acids is 1. The van der Waals surface area contributed by atoms with E-state index in [-0.39, 0.29) is 11.9 Å². The number of amides is 1. The van der Waals surface area contributed by atoms with Crippen molar-refractivity contribution >= 4 is 27.3 Å². The van der Waals surface area contributed by atoms with E-state index in [0.717, 1.165) is 12.8 Å². The van der Waals surface area contributed by atoms with Crippen LogP contribution in [0.3, 0.4) is 0 Å². The van der Waals surface area contributed by atoms with Crippen molar-refractivity contribution in [1.82, 2.24) is 9.62 Å². The van der Waals surface area contributed by atoms with Crippen LogP contribution in [0.4, 0.5) is 0 Å². The number of benzene rings is 1. The number of nitrogens with one attached hydrogen (secondary N) is 1. The van der Waals surface area contributed by atoms with Crippen molar-refractivity contribution in [3.05, 3.63) is 41.3 Å². The van der Waals surface area contributed by atoms with Gasteiger partial charge in [0.2, 0.25) is 10.0 Å². The molecule has 0 aliphatic carbocycles. The predicted octanol–water partition coefficient (Wildman–Crippen LogP) is 3.91. The minimum absolute atomic E-state index is 0.0806. The first kappa shape index (κ1) is 23.6. The minimum atomic E-state index is -3.50. The quantitative estimate of drug-likeness (QED) is 0.574. The first-order valence-electron chi connectivity index (χ1n) is 10.7. The van der Waals surface area contributed by atoms with Gasteiger partial charge in [-0.3, -0.25) is 4.79 Å². The second-order valence-electron chi connectivity index (χ2n) is 7.48. The summed E-state index contributed by atoms with van der Waals surface area (Å²) in [6.07, 6.45) is 2.90. The Kier molecular flexibility index (Phi) is 8.34. The Balaban J connectivity index is 1.62. The number of piperidine rings is 1. The molecule has 0 bridgehead atoms. The molecule has 1 aromatic heterocycles. The van der Waals surface area contributed by atoms with Crippen LogP contribution in [0.1, 0.15) is 49.9 Å². The van der Waals surface area contributed by atoms with Crippen LogP contribution in [0.25, 0.3) is 0 Å². The van der Waals surface area contributed by atoms with Gasteiger partial charge in [0.25, 0.3) is 5.91 Å². The van der Waals surface area contributed by atoms with Gasteiger partial charge in [0.1, 0.15) is 4.21 Å². The average molecular weight is 467 g/mol. The third-order valence-electron chi connectivity index (χ3n) is 4.98. The second kappa shape index (κ2) is 11.0. The zero-order chi connectivity index (χ0) is 22.3. The van der Waals surface area contributed by atoms with Crippen LogP contribution in [0, 0.1) is 0 Å². The third-order valence-corrected chi connectivity index (χ3v) is 7.90. The van der Waals surface area contributed by atoms with E-state index in [1.165, 1.54) is 11.3 Å². The van der Waals surface area contributed by atoms with Gasteiger partial charge in [0.05, 0.1) is 13.2 Å². The molecular formula is C22H30N2O5S2. The predicted molar refractivity (Wildman–Crippen MR) is 122 cm³/mol. The molecule has 170 valence electrons. The Morgan fingerprint density at radius 1 is 1.10 bits per heavy atom. The molecule has 2 aromatic rings. The highest BCUT2D eigenvalue weighted by Crippen LogP contribution is 2.30. The molecule has 1 aliphatic heterocycles. The van der Waals surface area contributed by atoms with Crippen LogP contribution in [0.2, 0.25) is 0 Å². The lowest BCUT2D eigenvalue weighted by Crippen LogP contribution is -2.46. The van der Waals surface area contributed by atoms with Crippen LogP contribution in [-0.2, 0) is 10.0 Å². The Morgan fingerprint density at radius 2 is 1.77 bits per heavy atom. The van der Waals surface area contributed by atoms with Crippen molar-refractivity contribution in [2.75, 3.05) is 26.3 Å². The molecule has 0 radical (unpaired) electrons. The molecule has 1 aromatic carbocycles. The molecule has 1 amide bonds. The maximum Gasteiger partial charge on any atom is 0.253 e. The van der Waals surface area contributed by atoms with Crippen molar-refractivity contribution < 1.29 is 22.7 Å². The minimum Gasteiger partial charge on any atom is -0.490 e. The fraction of sp³-hybridized carbons (Fsp3) is 0.500. The molecule has 3 rings (SSSR count). The standard InChI is InChI=1S/C22H30N2O5S2/c1-3-13-28-19-8-7-17(16-20(19)29-14-4-2)22(25)24-11-9-18(10-12-24)23-31(26,27)21-6-5-15-30-21/h5-8,15-16,18,23H,3-4,9-14H2,1-2H3. The van der Waals surface area contributed by atoms with Crippen molar-refractivity contribution in [3.63, 3.8) is 0 Å². The van der Waals surface area contributed by atoms with Gasteiger partial charge in [-0.25, -0.2) is 13.1 Å². The lowest BCUT2D eigenvalue weighted by Gasteiger charge is -2.32. The highest BCUT2D eigenvalue weighted by molar-refractivity contribution is 7.91. The Hall–Kier alpha value is -2.10. The summed E-state index contributed by atoms with van der Waals surface area (Å²) < 4.78 is 39.5. The largest absolute Gasteiger partial charge is 0.490 e. The number of sulfonamides is 1. The molecule has 31 heavy (non-hydrogen) atoms. The van der Waals surface area contributed by atoms with E-state index in [2.05, 4.69) is 4.72 Å². The summed E-state index contributed by atoms with van der Waals surface area (Å²) in [5.41, 5.74) is 0.549. The molecule has 9 heteroatoms. The average Bonchev–Trinajstić information content (AvgIpc) is 3.32. The van der Waals surface area contributed by atoms with E-state index in [0.29, 0.717) is 60.4 Å². The second-order valence-corrected chi connectivity index (χ2v) is 10.4. The van der Waals surface area contributed by atoms with Gasteiger partial charge in [-0.1, -0.05) is 19.9 Å². The highest BCUT2D eigenvalue weighted by Gasteiger charge is 2.28. The Labute approximate surface area is 188 Å². The zero-order valence-corrected chi connectivity index (χ0v) is 19.6. The number of carbonyl (C=O) groups is 1. The molecule has 0 atom stereocenters. The third kappa shape index (κ3) is 6.21. The lowest BCUT2D eigenvalue weighted by molar-refractivity contribution is 0.0710. The molecular weight excluding hydrogens is 436 g/mol. The van der Waals surface area contributed by atoms with Crippen LogP contribution >= 0.6 is 11.3 Å². The number of nitrogens with zero attached hydrogens (tertiary/aromatic N) is 1. The zero-order valence-electron chi connectivity index (χ0n) is 18.0. The molecule has 0 spiro atoms. The molecule has 1 saturated heterocycles. The molecule has 7 nitrogen and oxygen atoms in total. The van der Waals surface area contributed by atoms with Crippen LogP contribution < -0.4 is 14.2 Å². The molecule has 1 aliphatic rings. The van der Waals surface area contributed by atoms with E-state index >= 15 is 0 Å². The number of thiophene rings is 1. The van der Waals surface area contributed by atoms with Crippen molar-refractivity contribution in [2.24, 2.45) is 0 Å². The maximum atomic E-state index is 13.0. The van der Waals surface area contributed by atoms with Gasteiger partial charge in [-0.05, 0) is 55.3 Å². The van der Waals surface area contributed by atoms with E-state index in [1.54, 1.807) is 40.6 Å². The maximum absolute atomic E-state index is 13.0. The monoisotopic (exact) mass is 466 g/mol.